The molecule has 2 aromatic carbocycles. The number of piperidine rings is 1. The number of halogens is 1. The van der Waals surface area contributed by atoms with Crippen LogP contribution in [-0.4, -0.2) is 38.9 Å². The van der Waals surface area contributed by atoms with Crippen molar-refractivity contribution in [3.63, 3.8) is 0 Å². The summed E-state index contributed by atoms with van der Waals surface area (Å²) in [6.07, 6.45) is 3.96. The van der Waals surface area contributed by atoms with Gasteiger partial charge in [-0.1, -0.05) is 42.3 Å². The van der Waals surface area contributed by atoms with Gasteiger partial charge < -0.3 is 5.32 Å². The van der Waals surface area contributed by atoms with Gasteiger partial charge in [-0.2, -0.15) is 0 Å². The molecule has 8 heteroatoms. The summed E-state index contributed by atoms with van der Waals surface area (Å²) in [5.41, 5.74) is 2.30. The molecule has 30 heavy (non-hydrogen) atoms. The molecule has 0 atom stereocenters. The van der Waals surface area contributed by atoms with Gasteiger partial charge in [0.1, 0.15) is 0 Å². The minimum atomic E-state index is -3.65. The molecule has 0 spiro atoms. The van der Waals surface area contributed by atoms with E-state index in [2.05, 4.69) is 27.1 Å². The van der Waals surface area contributed by atoms with Crippen molar-refractivity contribution < 1.29 is 13.2 Å². The van der Waals surface area contributed by atoms with Gasteiger partial charge in [0.2, 0.25) is 15.9 Å². The van der Waals surface area contributed by atoms with E-state index in [4.69, 9.17) is 11.6 Å². The van der Waals surface area contributed by atoms with Crippen LogP contribution in [0.1, 0.15) is 36.8 Å². The van der Waals surface area contributed by atoms with E-state index in [-0.39, 0.29) is 23.8 Å². The molecule has 6 nitrogen and oxygen atoms in total. The summed E-state index contributed by atoms with van der Waals surface area (Å²) in [6, 6.07) is 14.2. The van der Waals surface area contributed by atoms with Crippen LogP contribution in [0.2, 0.25) is 5.02 Å². The Morgan fingerprint density at radius 2 is 1.57 bits per heavy atom. The molecule has 1 aliphatic rings. The van der Waals surface area contributed by atoms with E-state index in [0.29, 0.717) is 11.6 Å². The Bertz CT molecular complexity index is 925. The van der Waals surface area contributed by atoms with Crippen LogP contribution in [0.4, 0.5) is 0 Å². The van der Waals surface area contributed by atoms with Gasteiger partial charge >= 0.3 is 0 Å². The highest BCUT2D eigenvalue weighted by Crippen LogP contribution is 2.14. The van der Waals surface area contributed by atoms with Crippen molar-refractivity contribution in [3.05, 3.63) is 64.7 Å². The third kappa shape index (κ3) is 7.09. The second kappa shape index (κ2) is 10.9. The smallest absolute Gasteiger partial charge is 0.240 e. The lowest BCUT2D eigenvalue weighted by Gasteiger charge is -2.26. The van der Waals surface area contributed by atoms with E-state index in [9.17, 15) is 13.2 Å². The Balaban J connectivity index is 1.38. The van der Waals surface area contributed by atoms with Crippen LogP contribution in [0.5, 0.6) is 0 Å². The minimum absolute atomic E-state index is 0.0333. The van der Waals surface area contributed by atoms with Crippen LogP contribution >= 0.6 is 11.6 Å². The summed E-state index contributed by atoms with van der Waals surface area (Å²) in [5.74, 6) is -0.203. The fourth-order valence-corrected chi connectivity index (χ4v) is 4.58. The maximum absolute atomic E-state index is 12.2. The monoisotopic (exact) mass is 449 g/mol. The molecule has 0 saturated carbocycles. The quantitative estimate of drug-likeness (QED) is 0.615. The highest BCUT2D eigenvalue weighted by Gasteiger charge is 2.14. The zero-order valence-corrected chi connectivity index (χ0v) is 18.5. The predicted octanol–water partition coefficient (Wildman–Crippen LogP) is 3.31. The number of hydrogen-bond acceptors (Lipinski definition) is 4. The molecule has 0 aliphatic carbocycles. The Morgan fingerprint density at radius 3 is 2.23 bits per heavy atom. The molecule has 1 aliphatic heterocycles. The summed E-state index contributed by atoms with van der Waals surface area (Å²) in [7, 11) is -3.65. The van der Waals surface area contributed by atoms with Crippen LogP contribution in [0.3, 0.4) is 0 Å². The van der Waals surface area contributed by atoms with Gasteiger partial charge in [-0.05, 0) is 61.3 Å². The van der Waals surface area contributed by atoms with Crippen molar-refractivity contribution in [2.45, 2.75) is 43.7 Å². The van der Waals surface area contributed by atoms with Gasteiger partial charge in [0.05, 0.1) is 4.90 Å². The first-order valence-corrected chi connectivity index (χ1v) is 12.1. The molecular formula is C22H28ClN3O3S. The number of hydrogen-bond donors (Lipinski definition) is 2. The average molecular weight is 450 g/mol. The number of nitrogens with zero attached hydrogens (tertiary/aromatic N) is 1. The highest BCUT2D eigenvalue weighted by atomic mass is 35.5. The van der Waals surface area contributed by atoms with E-state index in [0.717, 1.165) is 12.1 Å². The second-order valence-electron chi connectivity index (χ2n) is 7.53. The first kappa shape index (κ1) is 22.7. The Hall–Kier alpha value is -1.93. The molecule has 3 rings (SSSR count). The van der Waals surface area contributed by atoms with Gasteiger partial charge in [0, 0.05) is 31.1 Å². The lowest BCUT2D eigenvalue weighted by atomic mass is 10.1. The summed E-state index contributed by atoms with van der Waals surface area (Å²) in [5, 5.41) is 3.30. The largest absolute Gasteiger partial charge is 0.352 e. The Morgan fingerprint density at radius 1 is 0.933 bits per heavy atom. The van der Waals surface area contributed by atoms with E-state index in [1.807, 2.05) is 12.1 Å². The Labute approximate surface area is 183 Å². The molecule has 0 unspecified atom stereocenters. The first-order chi connectivity index (χ1) is 14.4. The molecule has 1 heterocycles. The minimum Gasteiger partial charge on any atom is -0.352 e. The third-order valence-corrected chi connectivity index (χ3v) is 6.86. The van der Waals surface area contributed by atoms with Crippen molar-refractivity contribution in [1.82, 2.24) is 14.9 Å². The number of nitrogens with one attached hydrogen (secondary N) is 2. The number of rotatable bonds is 9. The lowest BCUT2D eigenvalue weighted by molar-refractivity contribution is -0.121. The fraction of sp³-hybridized carbons (Fsp3) is 0.409. The number of benzene rings is 2. The van der Waals surface area contributed by atoms with E-state index in [1.165, 1.54) is 62.2 Å². The van der Waals surface area contributed by atoms with Crippen molar-refractivity contribution in [2.24, 2.45) is 0 Å². The number of likely N-dealkylation sites (tertiary alicyclic amines) is 1. The van der Waals surface area contributed by atoms with E-state index < -0.39 is 10.0 Å². The molecule has 0 bridgehead atoms. The van der Waals surface area contributed by atoms with E-state index in [1.54, 1.807) is 0 Å². The van der Waals surface area contributed by atoms with Crippen LogP contribution in [0, 0.1) is 0 Å². The normalized spacial score (nSPS) is 15.1. The van der Waals surface area contributed by atoms with Crippen LogP contribution in [0.15, 0.2) is 53.4 Å². The zero-order valence-electron chi connectivity index (χ0n) is 16.9. The summed E-state index contributed by atoms with van der Waals surface area (Å²) in [4.78, 5) is 14.6. The molecule has 0 aromatic heterocycles. The number of sulfonamides is 1. The maximum atomic E-state index is 12.2. The fourth-order valence-electron chi connectivity index (χ4n) is 3.42. The Kier molecular flexibility index (Phi) is 8.27. The first-order valence-electron chi connectivity index (χ1n) is 10.2. The molecular weight excluding hydrogens is 422 g/mol. The summed E-state index contributed by atoms with van der Waals surface area (Å²) < 4.78 is 26.8. The molecule has 1 fully saturated rings. The average Bonchev–Trinajstić information content (AvgIpc) is 2.74. The highest BCUT2D eigenvalue weighted by molar-refractivity contribution is 7.89. The van der Waals surface area contributed by atoms with Crippen LogP contribution < -0.4 is 10.0 Å². The van der Waals surface area contributed by atoms with Crippen LogP contribution in [-0.2, 0) is 27.9 Å². The van der Waals surface area contributed by atoms with Gasteiger partial charge in [0.25, 0.3) is 0 Å². The number of amides is 1. The molecule has 0 radical (unpaired) electrons. The molecule has 2 N–H and O–H groups in total. The SMILES string of the molecule is O=C(CCNS(=O)(=O)c1ccc(Cl)cc1)NCc1ccc(CN2CCCCC2)cc1. The van der Waals surface area contributed by atoms with Crippen LogP contribution in [0.25, 0.3) is 0 Å². The van der Waals surface area contributed by atoms with Gasteiger partial charge in [-0.15, -0.1) is 0 Å². The topological polar surface area (TPSA) is 78.5 Å². The maximum Gasteiger partial charge on any atom is 0.240 e. The van der Waals surface area contributed by atoms with Crippen molar-refractivity contribution >= 4 is 27.5 Å². The van der Waals surface area contributed by atoms with Gasteiger partial charge in [-0.3, -0.25) is 9.69 Å². The summed E-state index contributed by atoms with van der Waals surface area (Å²) >= 11 is 5.78. The molecule has 1 saturated heterocycles. The van der Waals surface area contributed by atoms with Gasteiger partial charge in [0.15, 0.2) is 0 Å². The lowest BCUT2D eigenvalue weighted by Crippen LogP contribution is -2.30. The van der Waals surface area contributed by atoms with Crippen molar-refractivity contribution in [3.8, 4) is 0 Å². The predicted molar refractivity (Wildman–Crippen MR) is 119 cm³/mol. The van der Waals surface area contributed by atoms with Gasteiger partial charge in [-0.25, -0.2) is 13.1 Å². The van der Waals surface area contributed by atoms with Crippen molar-refractivity contribution in [2.75, 3.05) is 19.6 Å². The standard InChI is InChI=1S/C22H28ClN3O3S/c23-20-8-10-21(11-9-20)30(28,29)25-13-12-22(27)24-16-18-4-6-19(7-5-18)17-26-14-2-1-3-15-26/h4-11,25H,1-3,12-17H2,(H,24,27). The van der Waals surface area contributed by atoms with Crippen molar-refractivity contribution in [1.29, 1.82) is 0 Å². The number of carbonyl (C=O) groups excluding carboxylic acids is 1. The summed E-state index contributed by atoms with van der Waals surface area (Å²) in [6.45, 7) is 3.76. The molecule has 1 amide bonds. The number of carbonyl (C=O) groups is 1. The molecule has 2 aromatic rings. The zero-order chi connectivity index (χ0) is 21.4. The van der Waals surface area contributed by atoms with E-state index >= 15 is 0 Å². The second-order valence-corrected chi connectivity index (χ2v) is 9.74. The molecule has 162 valence electrons. The third-order valence-electron chi connectivity index (χ3n) is 5.14.